The van der Waals surface area contributed by atoms with Crippen molar-refractivity contribution in [1.29, 1.82) is 0 Å². The quantitative estimate of drug-likeness (QED) is 0.789. The molecule has 5 fully saturated rings. The first-order valence-corrected chi connectivity index (χ1v) is 11.5. The molecule has 2 aliphatic carbocycles. The molecule has 0 spiro atoms. The first kappa shape index (κ1) is 17.9. The Morgan fingerprint density at radius 3 is 2.42 bits per heavy atom. The van der Waals surface area contributed by atoms with Gasteiger partial charge in [0.05, 0.1) is 19.4 Å². The Morgan fingerprint density at radius 1 is 0.885 bits per heavy atom. The summed E-state index contributed by atoms with van der Waals surface area (Å²) >= 11 is 0. The van der Waals surface area contributed by atoms with Crippen molar-refractivity contribution in [2.24, 2.45) is 11.8 Å². The lowest BCUT2D eigenvalue weighted by Crippen LogP contribution is -2.68. The number of nitrogens with one attached hydrogen (secondary N) is 2. The molecular weight excluding hydrogens is 324 g/mol. The first-order chi connectivity index (χ1) is 12.8. The van der Waals surface area contributed by atoms with Crippen LogP contribution in [-0.2, 0) is 4.74 Å². The van der Waals surface area contributed by atoms with E-state index >= 15 is 0 Å². The molecular formula is C21H38N4O. The van der Waals surface area contributed by atoms with E-state index in [0.717, 1.165) is 50.3 Å². The maximum atomic E-state index is 5.70. The zero-order valence-corrected chi connectivity index (χ0v) is 16.5. The van der Waals surface area contributed by atoms with E-state index in [9.17, 15) is 0 Å². The fourth-order valence-corrected chi connectivity index (χ4v) is 6.90. The lowest BCUT2D eigenvalue weighted by molar-refractivity contribution is -0.0672. The summed E-state index contributed by atoms with van der Waals surface area (Å²) in [5, 5.41) is 6.86. The average molecular weight is 363 g/mol. The standard InChI is InChI=1S/C21H38N4O/c1-15-19-20(24-11-13-26-14-12-24)17-9-5-6-10-18(17)22-21(19)25(23-15)16-7-3-2-4-8-16/h15-23H,2-14H2,1H3. The Morgan fingerprint density at radius 2 is 1.62 bits per heavy atom. The SMILES string of the molecule is CC1NN(C2CCCCC2)C2NC3CCCCC3C(N3CCOCC3)C12. The molecule has 2 saturated carbocycles. The molecule has 0 aromatic rings. The van der Waals surface area contributed by atoms with Gasteiger partial charge in [0.25, 0.3) is 0 Å². The van der Waals surface area contributed by atoms with Crippen LogP contribution in [0.5, 0.6) is 0 Å². The molecule has 0 aromatic carbocycles. The van der Waals surface area contributed by atoms with Crippen molar-refractivity contribution in [3.63, 3.8) is 0 Å². The predicted octanol–water partition coefficient (Wildman–Crippen LogP) is 2.33. The topological polar surface area (TPSA) is 39.8 Å². The van der Waals surface area contributed by atoms with Gasteiger partial charge in [-0.05, 0) is 38.5 Å². The molecule has 3 aliphatic heterocycles. The summed E-state index contributed by atoms with van der Waals surface area (Å²) in [5.41, 5.74) is 3.96. The third-order valence-corrected chi connectivity index (χ3v) is 8.07. The van der Waals surface area contributed by atoms with Crippen LogP contribution in [0.3, 0.4) is 0 Å². The van der Waals surface area contributed by atoms with Crippen molar-refractivity contribution in [3.8, 4) is 0 Å². The third kappa shape index (κ3) is 3.14. The second-order valence-electron chi connectivity index (χ2n) is 9.50. The van der Waals surface area contributed by atoms with Gasteiger partial charge in [-0.25, -0.2) is 5.01 Å². The van der Waals surface area contributed by atoms with Crippen molar-refractivity contribution < 1.29 is 4.74 Å². The molecule has 0 aromatic heterocycles. The molecule has 0 radical (unpaired) electrons. The number of nitrogens with zero attached hydrogens (tertiary/aromatic N) is 2. The minimum atomic E-state index is 0.528. The molecule has 5 aliphatic rings. The maximum absolute atomic E-state index is 5.70. The van der Waals surface area contributed by atoms with Gasteiger partial charge in [0.2, 0.25) is 0 Å². The largest absolute Gasteiger partial charge is 0.379 e. The van der Waals surface area contributed by atoms with E-state index < -0.39 is 0 Å². The van der Waals surface area contributed by atoms with Crippen LogP contribution in [0.25, 0.3) is 0 Å². The number of rotatable bonds is 2. The van der Waals surface area contributed by atoms with Gasteiger partial charge in [0.15, 0.2) is 0 Å². The van der Waals surface area contributed by atoms with Crippen molar-refractivity contribution in [1.82, 2.24) is 20.7 Å². The van der Waals surface area contributed by atoms with E-state index in [1.165, 1.54) is 57.8 Å². The molecule has 5 nitrogen and oxygen atoms in total. The molecule has 148 valence electrons. The van der Waals surface area contributed by atoms with Gasteiger partial charge >= 0.3 is 0 Å². The molecule has 0 amide bonds. The van der Waals surface area contributed by atoms with E-state index in [2.05, 4.69) is 27.6 Å². The van der Waals surface area contributed by atoms with Gasteiger partial charge in [-0.3, -0.25) is 15.6 Å². The molecule has 5 rings (SSSR count). The van der Waals surface area contributed by atoms with Crippen LogP contribution in [-0.4, -0.2) is 66.5 Å². The smallest absolute Gasteiger partial charge is 0.0797 e. The van der Waals surface area contributed by atoms with Gasteiger partial charge in [-0.15, -0.1) is 0 Å². The number of hydrazine groups is 1. The number of morpholine rings is 1. The van der Waals surface area contributed by atoms with Gasteiger partial charge < -0.3 is 4.74 Å². The van der Waals surface area contributed by atoms with Gasteiger partial charge in [-0.2, -0.15) is 0 Å². The highest BCUT2D eigenvalue weighted by Gasteiger charge is 2.55. The third-order valence-electron chi connectivity index (χ3n) is 8.07. The lowest BCUT2D eigenvalue weighted by Gasteiger charge is -2.54. The summed E-state index contributed by atoms with van der Waals surface area (Å²) in [5.74, 6) is 1.54. The van der Waals surface area contributed by atoms with Gasteiger partial charge in [0, 0.05) is 43.2 Å². The van der Waals surface area contributed by atoms with Crippen molar-refractivity contribution in [2.45, 2.75) is 95.0 Å². The lowest BCUT2D eigenvalue weighted by atomic mass is 9.69. The normalized spacial score (nSPS) is 46.0. The highest BCUT2D eigenvalue weighted by Crippen LogP contribution is 2.43. The van der Waals surface area contributed by atoms with Gasteiger partial charge in [0.1, 0.15) is 0 Å². The van der Waals surface area contributed by atoms with Crippen molar-refractivity contribution in [3.05, 3.63) is 0 Å². The molecule has 3 heterocycles. The number of piperidine rings is 1. The Labute approximate surface area is 159 Å². The zero-order valence-electron chi connectivity index (χ0n) is 16.5. The van der Waals surface area contributed by atoms with E-state index in [0.29, 0.717) is 18.1 Å². The molecule has 6 atom stereocenters. The summed E-state index contributed by atoms with van der Waals surface area (Å²) in [4.78, 5) is 2.81. The summed E-state index contributed by atoms with van der Waals surface area (Å²) in [6.07, 6.45) is 13.2. The van der Waals surface area contributed by atoms with Crippen molar-refractivity contribution in [2.75, 3.05) is 26.3 Å². The van der Waals surface area contributed by atoms with Crippen LogP contribution >= 0.6 is 0 Å². The van der Waals surface area contributed by atoms with Crippen molar-refractivity contribution >= 4 is 0 Å². The van der Waals surface area contributed by atoms with Crippen LogP contribution < -0.4 is 10.7 Å². The number of fused-ring (bicyclic) bond motifs is 2. The van der Waals surface area contributed by atoms with Crippen LogP contribution in [0, 0.1) is 11.8 Å². The van der Waals surface area contributed by atoms with E-state index in [1.54, 1.807) is 0 Å². The van der Waals surface area contributed by atoms with E-state index in [-0.39, 0.29) is 0 Å². The molecule has 5 heteroatoms. The van der Waals surface area contributed by atoms with Crippen LogP contribution in [0.4, 0.5) is 0 Å². The Bertz CT molecular complexity index is 477. The van der Waals surface area contributed by atoms with Gasteiger partial charge in [-0.1, -0.05) is 32.1 Å². The fourth-order valence-electron chi connectivity index (χ4n) is 6.90. The summed E-state index contributed by atoms with van der Waals surface area (Å²) in [7, 11) is 0. The molecule has 0 bridgehead atoms. The monoisotopic (exact) mass is 362 g/mol. The Kier molecular flexibility index (Phi) is 5.27. The summed E-state index contributed by atoms with van der Waals surface area (Å²) < 4.78 is 5.70. The average Bonchev–Trinajstić information content (AvgIpc) is 3.04. The second-order valence-corrected chi connectivity index (χ2v) is 9.50. The first-order valence-electron chi connectivity index (χ1n) is 11.5. The van der Waals surface area contributed by atoms with Crippen LogP contribution in [0.1, 0.15) is 64.7 Å². The molecule has 6 unspecified atom stereocenters. The van der Waals surface area contributed by atoms with E-state index in [4.69, 9.17) is 4.74 Å². The van der Waals surface area contributed by atoms with E-state index in [1.807, 2.05) is 0 Å². The number of hydrogen-bond donors (Lipinski definition) is 2. The second kappa shape index (κ2) is 7.67. The summed E-state index contributed by atoms with van der Waals surface area (Å²) in [6.45, 7) is 6.55. The van der Waals surface area contributed by atoms with Crippen LogP contribution in [0.2, 0.25) is 0 Å². The summed E-state index contributed by atoms with van der Waals surface area (Å²) in [6, 6.07) is 2.76. The maximum Gasteiger partial charge on any atom is 0.0797 e. The minimum Gasteiger partial charge on any atom is -0.379 e. The number of hydrogen-bond acceptors (Lipinski definition) is 5. The van der Waals surface area contributed by atoms with Crippen LogP contribution in [0.15, 0.2) is 0 Å². The zero-order chi connectivity index (χ0) is 17.5. The fraction of sp³-hybridized carbons (Fsp3) is 1.00. The molecule has 26 heavy (non-hydrogen) atoms. The predicted molar refractivity (Wildman–Crippen MR) is 104 cm³/mol. The highest BCUT2D eigenvalue weighted by atomic mass is 16.5. The molecule has 2 N–H and O–H groups in total. The Balaban J connectivity index is 1.42. The highest BCUT2D eigenvalue weighted by molar-refractivity contribution is 5.08. The number of ether oxygens (including phenoxy) is 1. The molecule has 3 saturated heterocycles. The minimum absolute atomic E-state index is 0.528. The Hall–Kier alpha value is -0.200.